The number of hydrogen-bond donors (Lipinski definition) is 1. The number of rotatable bonds is 6. The molecule has 3 aromatic rings. The summed E-state index contributed by atoms with van der Waals surface area (Å²) in [6, 6.07) is 27.9. The zero-order chi connectivity index (χ0) is 18.7. The quantitative estimate of drug-likeness (QED) is 0.520. The minimum atomic E-state index is -4.74. The molecule has 0 aliphatic heterocycles. The molecule has 3 aromatic carbocycles. The van der Waals surface area contributed by atoms with E-state index in [0.717, 1.165) is 15.9 Å². The third-order valence-corrected chi connectivity index (χ3v) is 12.2. The van der Waals surface area contributed by atoms with E-state index >= 15 is 0 Å². The van der Waals surface area contributed by atoms with Crippen molar-refractivity contribution < 1.29 is 16.9 Å². The van der Waals surface area contributed by atoms with Gasteiger partial charge in [0.2, 0.25) is 0 Å². The van der Waals surface area contributed by atoms with E-state index in [4.69, 9.17) is 3.97 Å². The minimum absolute atomic E-state index is 0.378. The molecule has 0 heterocycles. The van der Waals surface area contributed by atoms with Gasteiger partial charge in [0.1, 0.15) is 0 Å². The Morgan fingerprint density at radius 2 is 1.04 bits per heavy atom. The van der Waals surface area contributed by atoms with Crippen LogP contribution in [0.15, 0.2) is 91.0 Å². The summed E-state index contributed by atoms with van der Waals surface area (Å²) in [5.74, 6) is 0. The van der Waals surface area contributed by atoms with Crippen molar-refractivity contribution in [3.05, 3.63) is 91.0 Å². The molecule has 0 saturated heterocycles. The Morgan fingerprint density at radius 1 is 0.731 bits per heavy atom. The molecule has 0 unspecified atom stereocenters. The Bertz CT molecular complexity index is 875. The molecule has 0 amide bonds. The molecule has 0 atom stereocenters. The summed E-state index contributed by atoms with van der Waals surface area (Å²) in [7, 11) is -4.74. The van der Waals surface area contributed by atoms with Gasteiger partial charge >= 0.3 is 154 Å². The van der Waals surface area contributed by atoms with Gasteiger partial charge in [0.15, 0.2) is 0 Å². The van der Waals surface area contributed by atoms with Crippen molar-refractivity contribution >= 4 is 33.1 Å². The van der Waals surface area contributed by atoms with Crippen LogP contribution in [0.3, 0.4) is 0 Å². The van der Waals surface area contributed by atoms with Crippen LogP contribution in [0, 0.1) is 0 Å². The predicted molar refractivity (Wildman–Crippen MR) is 108 cm³/mol. The Kier molecular flexibility index (Phi) is 5.00. The molecule has 0 radical (unpaired) electrons. The number of benzene rings is 3. The molecule has 0 aromatic heterocycles. The molecule has 0 aliphatic rings. The molecule has 4 nitrogen and oxygen atoms in total. The summed E-state index contributed by atoms with van der Waals surface area (Å²) >= 11 is 0. The fraction of sp³-hybridized carbons (Fsp3) is 0.100. The third kappa shape index (κ3) is 2.97. The monoisotopic (exact) mass is 388 g/mol. The van der Waals surface area contributed by atoms with E-state index in [1.807, 2.05) is 97.9 Å². The molecule has 26 heavy (non-hydrogen) atoms. The van der Waals surface area contributed by atoms with Gasteiger partial charge in [-0.2, -0.15) is 0 Å². The van der Waals surface area contributed by atoms with Crippen molar-refractivity contribution in [1.29, 1.82) is 0 Å². The molecule has 136 valence electrons. The zero-order valence-corrected chi connectivity index (χ0v) is 16.1. The van der Waals surface area contributed by atoms with Gasteiger partial charge in [0.05, 0.1) is 0 Å². The van der Waals surface area contributed by atoms with Gasteiger partial charge in [-0.15, -0.1) is 0 Å². The molecule has 0 fully saturated rings. The van der Waals surface area contributed by atoms with Crippen molar-refractivity contribution in [3.63, 3.8) is 0 Å². The normalized spacial score (nSPS) is 13.7. The summed E-state index contributed by atoms with van der Waals surface area (Å²) in [4.78, 5) is 0. The first-order valence-electron chi connectivity index (χ1n) is 8.29. The molecule has 0 bridgehead atoms. The second-order valence-corrected chi connectivity index (χ2v) is 12.1. The average Bonchev–Trinajstić information content (AvgIpc) is 2.68. The summed E-state index contributed by atoms with van der Waals surface area (Å²) in [5, 5.41) is 2.24. The Hall–Kier alpha value is -2.04. The maximum absolute atomic E-state index is 12.1. The van der Waals surface area contributed by atoms with Gasteiger partial charge in [-0.1, -0.05) is 0 Å². The van der Waals surface area contributed by atoms with E-state index in [9.17, 15) is 13.0 Å². The van der Waals surface area contributed by atoms with Gasteiger partial charge in [-0.3, -0.25) is 0 Å². The first-order valence-corrected chi connectivity index (χ1v) is 12.0. The molecule has 0 aliphatic carbocycles. The van der Waals surface area contributed by atoms with Crippen molar-refractivity contribution in [2.45, 2.75) is 6.92 Å². The second-order valence-electron chi connectivity index (χ2n) is 6.04. The Morgan fingerprint density at radius 3 is 1.27 bits per heavy atom. The third-order valence-electron chi connectivity index (χ3n) is 4.77. The second kappa shape index (κ2) is 6.93. The molecule has 6 heteroatoms. The molecule has 0 spiro atoms. The van der Waals surface area contributed by atoms with Gasteiger partial charge in [-0.05, 0) is 0 Å². The van der Waals surface area contributed by atoms with E-state index in [2.05, 4.69) is 0 Å². The summed E-state index contributed by atoms with van der Waals surface area (Å²) in [6.07, 6.45) is 0.378. The topological polar surface area (TPSA) is 63.6 Å². The molecular weight excluding hydrogens is 367 g/mol. The van der Waals surface area contributed by atoms with Gasteiger partial charge < -0.3 is 0 Å². The van der Waals surface area contributed by atoms with Crippen molar-refractivity contribution in [2.75, 3.05) is 6.16 Å². The van der Waals surface area contributed by atoms with Crippen LogP contribution in [0.5, 0.6) is 0 Å². The van der Waals surface area contributed by atoms with Crippen LogP contribution in [-0.4, -0.2) is 19.1 Å². The fourth-order valence-electron chi connectivity index (χ4n) is 3.61. The molecule has 0 saturated carbocycles. The van der Waals surface area contributed by atoms with Crippen LogP contribution >= 0.6 is 6.83 Å². The summed E-state index contributed by atoms with van der Waals surface area (Å²) in [6.45, 7) is -2.04. The van der Waals surface area contributed by atoms with E-state index in [1.165, 1.54) is 0 Å². The van der Waals surface area contributed by atoms with Crippen LogP contribution < -0.4 is 15.9 Å². The van der Waals surface area contributed by atoms with Crippen LogP contribution in [0.1, 0.15) is 6.92 Å². The average molecular weight is 388 g/mol. The molecule has 3 rings (SSSR count). The van der Waals surface area contributed by atoms with E-state index in [0.29, 0.717) is 6.16 Å². The van der Waals surface area contributed by atoms with Crippen molar-refractivity contribution in [1.82, 2.24) is 0 Å². The van der Waals surface area contributed by atoms with Crippen LogP contribution in [-0.2, 0) is 14.4 Å². The molecule has 1 N–H and O–H groups in total. The van der Waals surface area contributed by atoms with E-state index < -0.39 is 17.2 Å². The maximum atomic E-state index is 12.1. The van der Waals surface area contributed by atoms with Gasteiger partial charge in [0, 0.05) is 0 Å². The predicted octanol–water partition coefficient (Wildman–Crippen LogP) is 3.27. The zero-order valence-electron chi connectivity index (χ0n) is 14.4. The van der Waals surface area contributed by atoms with Crippen molar-refractivity contribution in [2.24, 2.45) is 0 Å². The van der Waals surface area contributed by atoms with Crippen molar-refractivity contribution in [3.8, 4) is 0 Å². The Labute approximate surface area is 154 Å². The number of hydrogen-bond acceptors (Lipinski definition) is 3. The van der Waals surface area contributed by atoms with Crippen LogP contribution in [0.2, 0.25) is 0 Å². The first-order chi connectivity index (χ1) is 12.4. The van der Waals surface area contributed by atoms with Gasteiger partial charge in [-0.25, -0.2) is 0 Å². The first kappa shape index (κ1) is 18.7. The van der Waals surface area contributed by atoms with Crippen LogP contribution in [0.4, 0.5) is 0 Å². The SMILES string of the molecule is CCP(OS(=O)(=O)O)(c1ccccc1)(c1ccccc1)c1ccccc1. The summed E-state index contributed by atoms with van der Waals surface area (Å²) < 4.78 is 39.8. The molecular formula is C20H21O4PS. The standard InChI is InChI=1S/C20H21O4PS/c1-2-25(24-26(21,22)23,18-12-6-3-7-13-18,19-14-8-4-9-15-19)20-16-10-5-11-17-20/h3-17H,2H2,1H3,(H,21,22,23). The van der Waals surface area contributed by atoms with E-state index in [1.54, 1.807) is 0 Å². The Balaban J connectivity index is 2.55. The fourth-order valence-corrected chi connectivity index (χ4v) is 11.1. The van der Waals surface area contributed by atoms with Gasteiger partial charge in [0.25, 0.3) is 0 Å². The van der Waals surface area contributed by atoms with E-state index in [-0.39, 0.29) is 0 Å². The summed E-state index contributed by atoms with van der Waals surface area (Å²) in [5.41, 5.74) is 0. The van der Waals surface area contributed by atoms with Crippen LogP contribution in [0.25, 0.3) is 0 Å².